The van der Waals surface area contributed by atoms with Gasteiger partial charge in [-0.05, 0) is 12.5 Å². The average Bonchev–Trinajstić information content (AvgIpc) is 2.26. The zero-order valence-corrected chi connectivity index (χ0v) is 9.31. The number of carboxylic acid groups (broad SMARTS) is 1. The minimum Gasteiger partial charge on any atom is -0.507 e. The number of rotatable bonds is 5. The van der Waals surface area contributed by atoms with Gasteiger partial charge < -0.3 is 10.2 Å². The second-order valence-electron chi connectivity index (χ2n) is 3.68. The Labute approximate surface area is 95.0 Å². The second kappa shape index (κ2) is 5.35. The molecule has 0 unspecified atom stereocenters. The molecule has 0 spiro atoms. The zero-order valence-electron chi connectivity index (χ0n) is 9.31. The zero-order chi connectivity index (χ0) is 12.1. The van der Waals surface area contributed by atoms with Gasteiger partial charge in [-0.25, -0.2) is 4.79 Å². The fourth-order valence-electron chi connectivity index (χ4n) is 1.74. The van der Waals surface area contributed by atoms with Crippen molar-refractivity contribution in [3.63, 3.8) is 0 Å². The van der Waals surface area contributed by atoms with Crippen LogP contribution in [0.1, 0.15) is 41.6 Å². The van der Waals surface area contributed by atoms with Crippen LogP contribution in [-0.2, 0) is 0 Å². The third-order valence-electron chi connectivity index (χ3n) is 2.58. The normalized spacial score (nSPS) is 12.1. The highest BCUT2D eigenvalue weighted by Gasteiger charge is 2.17. The number of phenols is 1. The van der Waals surface area contributed by atoms with Crippen LogP contribution >= 0.6 is 0 Å². The molecule has 0 fully saturated rings. The monoisotopic (exact) mass is 220 g/mol. The summed E-state index contributed by atoms with van der Waals surface area (Å²) in [5.41, 5.74) is 0.581. The predicted molar refractivity (Wildman–Crippen MR) is 62.9 cm³/mol. The molecule has 0 amide bonds. The van der Waals surface area contributed by atoms with Crippen molar-refractivity contribution >= 4 is 5.97 Å². The van der Waals surface area contributed by atoms with E-state index in [4.69, 9.17) is 5.11 Å². The molecular weight excluding hydrogens is 204 g/mol. The van der Waals surface area contributed by atoms with E-state index in [0.29, 0.717) is 5.56 Å². The number of aromatic carboxylic acids is 1. The maximum Gasteiger partial charge on any atom is 0.339 e. The van der Waals surface area contributed by atoms with Crippen molar-refractivity contribution in [2.75, 3.05) is 0 Å². The van der Waals surface area contributed by atoms with Gasteiger partial charge in [0, 0.05) is 11.5 Å². The number of carbonyl (C=O) groups is 1. The maximum absolute atomic E-state index is 10.9. The summed E-state index contributed by atoms with van der Waals surface area (Å²) in [4.78, 5) is 10.9. The number of carboxylic acids is 1. The van der Waals surface area contributed by atoms with Gasteiger partial charge in [0.2, 0.25) is 0 Å². The molecule has 0 radical (unpaired) electrons. The Kier molecular flexibility index (Phi) is 4.11. The summed E-state index contributed by atoms with van der Waals surface area (Å²) in [5.74, 6) is -1.25. The summed E-state index contributed by atoms with van der Waals surface area (Å²) in [6.45, 7) is 5.75. The Balaban J connectivity index is 3.17. The lowest BCUT2D eigenvalue weighted by molar-refractivity contribution is 0.0693. The smallest absolute Gasteiger partial charge is 0.339 e. The molecule has 0 aliphatic heterocycles. The minimum atomic E-state index is -1.11. The molecule has 0 heterocycles. The Morgan fingerprint density at radius 2 is 2.25 bits per heavy atom. The van der Waals surface area contributed by atoms with Crippen LogP contribution in [0.2, 0.25) is 0 Å². The van der Waals surface area contributed by atoms with E-state index >= 15 is 0 Å². The van der Waals surface area contributed by atoms with Crippen LogP contribution in [0.15, 0.2) is 30.9 Å². The molecule has 1 atom stereocenters. The Morgan fingerprint density at radius 3 is 2.75 bits per heavy atom. The van der Waals surface area contributed by atoms with Crippen molar-refractivity contribution in [3.05, 3.63) is 42.0 Å². The summed E-state index contributed by atoms with van der Waals surface area (Å²) in [6, 6.07) is 4.78. The topological polar surface area (TPSA) is 57.5 Å². The lowest BCUT2D eigenvalue weighted by atomic mass is 9.92. The third kappa shape index (κ3) is 2.42. The standard InChI is InChI=1S/C13H16O3/c1-3-6-9(4-2)10-7-5-8-11(12(10)14)13(15)16/h4-5,7-9,14H,2-3,6H2,1H3,(H,15,16)/t9-/m1/s1. The van der Waals surface area contributed by atoms with E-state index < -0.39 is 5.97 Å². The van der Waals surface area contributed by atoms with E-state index in [1.54, 1.807) is 18.2 Å². The van der Waals surface area contributed by atoms with Gasteiger partial charge in [-0.1, -0.05) is 31.6 Å². The van der Waals surface area contributed by atoms with E-state index in [0.717, 1.165) is 12.8 Å². The van der Waals surface area contributed by atoms with Gasteiger partial charge in [0.15, 0.2) is 0 Å². The first-order chi connectivity index (χ1) is 7.61. The molecule has 16 heavy (non-hydrogen) atoms. The molecule has 0 aliphatic rings. The van der Waals surface area contributed by atoms with Gasteiger partial charge in [0.05, 0.1) is 0 Å². The highest BCUT2D eigenvalue weighted by Crippen LogP contribution is 2.32. The largest absolute Gasteiger partial charge is 0.507 e. The Hall–Kier alpha value is -1.77. The van der Waals surface area contributed by atoms with Crippen LogP contribution < -0.4 is 0 Å². The molecule has 0 saturated carbocycles. The van der Waals surface area contributed by atoms with Gasteiger partial charge in [-0.15, -0.1) is 6.58 Å². The van der Waals surface area contributed by atoms with Crippen molar-refractivity contribution in [1.29, 1.82) is 0 Å². The molecule has 0 aromatic heterocycles. The Morgan fingerprint density at radius 1 is 1.56 bits per heavy atom. The van der Waals surface area contributed by atoms with Crippen molar-refractivity contribution in [2.24, 2.45) is 0 Å². The summed E-state index contributed by atoms with van der Waals surface area (Å²) >= 11 is 0. The van der Waals surface area contributed by atoms with Crippen molar-refractivity contribution in [2.45, 2.75) is 25.7 Å². The van der Waals surface area contributed by atoms with Crippen molar-refractivity contribution < 1.29 is 15.0 Å². The van der Waals surface area contributed by atoms with Crippen LogP contribution in [0, 0.1) is 0 Å². The fourth-order valence-corrected chi connectivity index (χ4v) is 1.74. The molecule has 0 saturated heterocycles. The highest BCUT2D eigenvalue weighted by molar-refractivity contribution is 5.91. The summed E-state index contributed by atoms with van der Waals surface area (Å²) in [5, 5.41) is 18.7. The van der Waals surface area contributed by atoms with E-state index in [1.165, 1.54) is 6.07 Å². The lowest BCUT2D eigenvalue weighted by Crippen LogP contribution is -2.01. The molecule has 1 aromatic carbocycles. The van der Waals surface area contributed by atoms with Gasteiger partial charge in [-0.3, -0.25) is 0 Å². The third-order valence-corrected chi connectivity index (χ3v) is 2.58. The quantitative estimate of drug-likeness (QED) is 0.749. The summed E-state index contributed by atoms with van der Waals surface area (Å²) in [7, 11) is 0. The lowest BCUT2D eigenvalue weighted by Gasteiger charge is -2.14. The number of hydrogen-bond donors (Lipinski definition) is 2. The maximum atomic E-state index is 10.9. The molecule has 0 bridgehead atoms. The van der Waals surface area contributed by atoms with Crippen LogP contribution in [-0.4, -0.2) is 16.2 Å². The summed E-state index contributed by atoms with van der Waals surface area (Å²) < 4.78 is 0. The van der Waals surface area contributed by atoms with Crippen LogP contribution in [0.4, 0.5) is 0 Å². The Bertz CT molecular complexity index is 396. The van der Waals surface area contributed by atoms with Crippen molar-refractivity contribution in [1.82, 2.24) is 0 Å². The highest BCUT2D eigenvalue weighted by atomic mass is 16.4. The molecule has 86 valence electrons. The number of aromatic hydroxyl groups is 1. The molecule has 1 aromatic rings. The van der Waals surface area contributed by atoms with E-state index in [2.05, 4.69) is 6.58 Å². The first-order valence-corrected chi connectivity index (χ1v) is 5.29. The van der Waals surface area contributed by atoms with Crippen molar-refractivity contribution in [3.8, 4) is 5.75 Å². The minimum absolute atomic E-state index is 0.00398. The van der Waals surface area contributed by atoms with Gasteiger partial charge in [0.25, 0.3) is 0 Å². The molecule has 2 N–H and O–H groups in total. The van der Waals surface area contributed by atoms with E-state index in [1.807, 2.05) is 6.92 Å². The first-order valence-electron chi connectivity index (χ1n) is 5.29. The van der Waals surface area contributed by atoms with Crippen LogP contribution in [0.3, 0.4) is 0 Å². The van der Waals surface area contributed by atoms with Gasteiger partial charge in [-0.2, -0.15) is 0 Å². The fraction of sp³-hybridized carbons (Fsp3) is 0.308. The predicted octanol–water partition coefficient (Wildman–Crippen LogP) is 3.16. The molecule has 3 nitrogen and oxygen atoms in total. The molecule has 3 heteroatoms. The number of hydrogen-bond acceptors (Lipinski definition) is 2. The SMILES string of the molecule is C=C[C@H](CCC)c1cccc(C(=O)O)c1O. The van der Waals surface area contributed by atoms with Crippen LogP contribution in [0.5, 0.6) is 5.75 Å². The average molecular weight is 220 g/mol. The number of allylic oxidation sites excluding steroid dienone is 1. The van der Waals surface area contributed by atoms with E-state index in [9.17, 15) is 9.90 Å². The molecular formula is C13H16O3. The first kappa shape index (κ1) is 12.3. The van der Waals surface area contributed by atoms with Crippen LogP contribution in [0.25, 0.3) is 0 Å². The molecule has 1 rings (SSSR count). The van der Waals surface area contributed by atoms with E-state index in [-0.39, 0.29) is 17.2 Å². The van der Waals surface area contributed by atoms with Gasteiger partial charge >= 0.3 is 5.97 Å². The number of para-hydroxylation sites is 1. The molecule has 0 aliphatic carbocycles. The second-order valence-corrected chi connectivity index (χ2v) is 3.68. The van der Waals surface area contributed by atoms with Gasteiger partial charge in [0.1, 0.15) is 11.3 Å². The number of benzene rings is 1. The summed E-state index contributed by atoms with van der Waals surface area (Å²) in [6.07, 6.45) is 3.54.